The average molecular weight is 351 g/mol. The highest BCUT2D eigenvalue weighted by Crippen LogP contribution is 2.31. The van der Waals surface area contributed by atoms with Crippen LogP contribution in [-0.2, 0) is 11.3 Å². The van der Waals surface area contributed by atoms with Crippen molar-refractivity contribution < 1.29 is 4.74 Å². The molecule has 1 heterocycles. The van der Waals surface area contributed by atoms with Crippen molar-refractivity contribution in [3.05, 3.63) is 16.4 Å². The number of halogens is 1. The van der Waals surface area contributed by atoms with E-state index in [1.165, 1.54) is 0 Å². The van der Waals surface area contributed by atoms with Gasteiger partial charge in [0.25, 0.3) is 0 Å². The molecule has 1 aromatic heterocycles. The van der Waals surface area contributed by atoms with E-state index in [-0.39, 0.29) is 10.8 Å². The van der Waals surface area contributed by atoms with E-state index in [0.717, 1.165) is 22.5 Å². The van der Waals surface area contributed by atoms with Gasteiger partial charge in [-0.05, 0) is 15.9 Å². The fraction of sp³-hybridized carbons (Fsp3) is 0.750. The van der Waals surface area contributed by atoms with Gasteiger partial charge in [0.15, 0.2) is 0 Å². The molecule has 1 rings (SSSR count). The first kappa shape index (κ1) is 17.0. The number of nitrogens with zero attached hydrogens (tertiary/aromatic N) is 2. The largest absolute Gasteiger partial charge is 0.383 e. The van der Waals surface area contributed by atoms with Gasteiger partial charge in [-0.1, -0.05) is 20.8 Å². The van der Waals surface area contributed by atoms with Gasteiger partial charge < -0.3 is 4.74 Å². The summed E-state index contributed by atoms with van der Waals surface area (Å²) in [5, 5.41) is 4.35. The van der Waals surface area contributed by atoms with Gasteiger partial charge in [0.1, 0.15) is 0 Å². The molecule has 19 heavy (non-hydrogen) atoms. The number of hydrogen-bond donors (Lipinski definition) is 2. The summed E-state index contributed by atoms with van der Waals surface area (Å²) in [6.07, 6.45) is 1.80. The molecular weight excluding hydrogens is 328 g/mol. The molecule has 0 saturated heterocycles. The molecule has 0 saturated carbocycles. The van der Waals surface area contributed by atoms with Gasteiger partial charge >= 0.3 is 0 Å². The minimum Gasteiger partial charge on any atom is -0.383 e. The molecule has 110 valence electrons. The molecule has 0 aromatic carbocycles. The van der Waals surface area contributed by atoms with Crippen molar-refractivity contribution in [3.63, 3.8) is 0 Å². The molecule has 1 aromatic rings. The van der Waals surface area contributed by atoms with Crippen LogP contribution in [0.1, 0.15) is 32.5 Å². The van der Waals surface area contributed by atoms with E-state index in [0.29, 0.717) is 6.61 Å². The van der Waals surface area contributed by atoms with Gasteiger partial charge in [0.2, 0.25) is 0 Å². The van der Waals surface area contributed by atoms with Crippen LogP contribution in [0.15, 0.2) is 10.7 Å². The highest BCUT2D eigenvalue weighted by Gasteiger charge is 2.22. The molecule has 0 aliphatic heterocycles. The topological polar surface area (TPSA) is 65.1 Å². The summed E-state index contributed by atoms with van der Waals surface area (Å²) in [5.41, 5.74) is 3.95. The molecule has 0 spiro atoms. The summed E-state index contributed by atoms with van der Waals surface area (Å²) < 4.78 is 8.22. The Kier molecular flexibility index (Phi) is 6.82. The van der Waals surface area contributed by atoms with Crippen LogP contribution in [0.2, 0.25) is 0 Å². The minimum absolute atomic E-state index is 0.0537. The Morgan fingerprint density at radius 1 is 1.58 bits per heavy atom. The van der Waals surface area contributed by atoms with Crippen LogP contribution in [0.5, 0.6) is 0 Å². The van der Waals surface area contributed by atoms with Crippen molar-refractivity contribution in [2.75, 3.05) is 19.5 Å². The Morgan fingerprint density at radius 2 is 2.26 bits per heavy atom. The van der Waals surface area contributed by atoms with Gasteiger partial charge in [-0.25, -0.2) is 0 Å². The second kappa shape index (κ2) is 7.64. The third-order valence-corrected chi connectivity index (χ3v) is 4.53. The molecule has 1 unspecified atom stereocenters. The number of hydrogen-bond acceptors (Lipinski definition) is 5. The number of nitrogens with two attached hydrogens (primary N) is 1. The van der Waals surface area contributed by atoms with Crippen LogP contribution in [0.4, 0.5) is 0 Å². The van der Waals surface area contributed by atoms with Gasteiger partial charge in [-0.3, -0.25) is 16.0 Å². The fourth-order valence-corrected chi connectivity index (χ4v) is 3.11. The maximum absolute atomic E-state index is 5.70. The van der Waals surface area contributed by atoms with Crippen molar-refractivity contribution in [2.24, 2.45) is 5.84 Å². The maximum Gasteiger partial charge on any atom is 0.0730 e. The molecule has 0 bridgehead atoms. The van der Waals surface area contributed by atoms with Crippen LogP contribution >= 0.6 is 27.7 Å². The molecule has 0 aliphatic rings. The molecule has 0 radical (unpaired) electrons. The standard InChI is InChI=1S/C12H23BrN4OS/c1-12(2,3)19-8-10(16-14)11-9(13)7-15-17(11)5-6-18-4/h7,10,16H,5-6,8,14H2,1-4H3. The smallest absolute Gasteiger partial charge is 0.0730 e. The Bertz CT molecular complexity index is 392. The number of nitrogens with one attached hydrogen (secondary N) is 1. The molecule has 7 heteroatoms. The van der Waals surface area contributed by atoms with Gasteiger partial charge in [0.05, 0.1) is 35.6 Å². The van der Waals surface area contributed by atoms with Crippen LogP contribution < -0.4 is 11.3 Å². The fourth-order valence-electron chi connectivity index (χ4n) is 1.61. The lowest BCUT2D eigenvalue weighted by molar-refractivity contribution is 0.181. The summed E-state index contributed by atoms with van der Waals surface area (Å²) in [6, 6.07) is 0.0537. The van der Waals surface area contributed by atoms with Gasteiger partial charge in [-0.15, -0.1) is 0 Å². The summed E-state index contributed by atoms with van der Waals surface area (Å²) in [4.78, 5) is 0. The molecule has 0 fully saturated rings. The third-order valence-electron chi connectivity index (χ3n) is 2.55. The van der Waals surface area contributed by atoms with Crippen molar-refractivity contribution in [1.29, 1.82) is 0 Å². The van der Waals surface area contributed by atoms with Crippen LogP contribution in [0, 0.1) is 0 Å². The van der Waals surface area contributed by atoms with Gasteiger partial charge in [-0.2, -0.15) is 16.9 Å². The van der Waals surface area contributed by atoms with E-state index in [4.69, 9.17) is 10.6 Å². The lowest BCUT2D eigenvalue weighted by Crippen LogP contribution is -2.33. The molecule has 0 amide bonds. The summed E-state index contributed by atoms with van der Waals surface area (Å²) >= 11 is 5.41. The molecule has 1 atom stereocenters. The Hall–Kier alpha value is -0.0800. The quantitative estimate of drug-likeness (QED) is 0.583. The predicted molar refractivity (Wildman–Crippen MR) is 84.1 cm³/mol. The average Bonchev–Trinajstić information content (AvgIpc) is 2.68. The maximum atomic E-state index is 5.70. The molecule has 5 nitrogen and oxygen atoms in total. The number of hydrazine groups is 1. The van der Waals surface area contributed by atoms with Crippen LogP contribution in [-0.4, -0.2) is 34.0 Å². The van der Waals surface area contributed by atoms with E-state index in [1.54, 1.807) is 13.3 Å². The first-order valence-electron chi connectivity index (χ1n) is 6.19. The molecular formula is C12H23BrN4OS. The second-order valence-corrected chi connectivity index (χ2v) is 7.94. The van der Waals surface area contributed by atoms with E-state index < -0.39 is 0 Å². The van der Waals surface area contributed by atoms with E-state index in [2.05, 4.69) is 47.2 Å². The van der Waals surface area contributed by atoms with Crippen molar-refractivity contribution in [1.82, 2.24) is 15.2 Å². The highest BCUT2D eigenvalue weighted by molar-refractivity contribution is 9.10. The van der Waals surface area contributed by atoms with Crippen molar-refractivity contribution >= 4 is 27.7 Å². The van der Waals surface area contributed by atoms with Crippen LogP contribution in [0.25, 0.3) is 0 Å². The Labute approximate surface area is 127 Å². The van der Waals surface area contributed by atoms with Crippen LogP contribution in [0.3, 0.4) is 0 Å². The monoisotopic (exact) mass is 350 g/mol. The van der Waals surface area contributed by atoms with E-state index >= 15 is 0 Å². The summed E-state index contributed by atoms with van der Waals surface area (Å²) in [6.45, 7) is 7.94. The lowest BCUT2D eigenvalue weighted by Gasteiger charge is -2.23. The number of aromatic nitrogens is 2. The minimum atomic E-state index is 0.0537. The van der Waals surface area contributed by atoms with Crippen molar-refractivity contribution in [3.8, 4) is 0 Å². The first-order chi connectivity index (χ1) is 8.89. The van der Waals surface area contributed by atoms with Gasteiger partial charge in [0, 0.05) is 17.6 Å². The number of ether oxygens (including phenoxy) is 1. The Balaban J connectivity index is 2.81. The predicted octanol–water partition coefficient (Wildman–Crippen LogP) is 2.33. The molecule has 3 N–H and O–H groups in total. The number of rotatable bonds is 7. The Morgan fingerprint density at radius 3 is 2.79 bits per heavy atom. The second-order valence-electron chi connectivity index (χ2n) is 5.24. The lowest BCUT2D eigenvalue weighted by atomic mass is 10.2. The first-order valence-corrected chi connectivity index (χ1v) is 7.97. The molecule has 0 aliphatic carbocycles. The zero-order chi connectivity index (χ0) is 14.5. The number of methoxy groups -OCH3 is 1. The highest BCUT2D eigenvalue weighted by atomic mass is 79.9. The summed E-state index contributed by atoms with van der Waals surface area (Å²) in [5.74, 6) is 6.59. The zero-order valence-corrected chi connectivity index (χ0v) is 14.3. The summed E-state index contributed by atoms with van der Waals surface area (Å²) in [7, 11) is 1.69. The van der Waals surface area contributed by atoms with E-state index in [1.807, 2.05) is 16.4 Å². The SMILES string of the molecule is COCCn1ncc(Br)c1C(CSC(C)(C)C)NN. The number of thioether (sulfide) groups is 1. The third kappa shape index (κ3) is 5.43. The zero-order valence-electron chi connectivity index (χ0n) is 11.9. The van der Waals surface area contributed by atoms with E-state index in [9.17, 15) is 0 Å². The normalized spacial score (nSPS) is 13.8. The van der Waals surface area contributed by atoms with Crippen molar-refractivity contribution in [2.45, 2.75) is 38.1 Å².